The summed E-state index contributed by atoms with van der Waals surface area (Å²) < 4.78 is 6.15. The highest BCUT2D eigenvalue weighted by Crippen LogP contribution is 2.30. The molecular weight excluding hydrogens is 365 g/mol. The van der Waals surface area contributed by atoms with Crippen LogP contribution in [0.15, 0.2) is 54.6 Å². The van der Waals surface area contributed by atoms with Crippen LogP contribution < -0.4 is 10.1 Å². The Morgan fingerprint density at radius 3 is 2.42 bits per heavy atom. The van der Waals surface area contributed by atoms with Gasteiger partial charge in [0.25, 0.3) is 0 Å². The maximum Gasteiger partial charge on any atom is 0.124 e. The first kappa shape index (κ1) is 19.0. The summed E-state index contributed by atoms with van der Waals surface area (Å²) in [5, 5.41) is 7.07. The molecule has 3 aromatic rings. The molecule has 0 amide bonds. The van der Waals surface area contributed by atoms with Crippen LogP contribution in [0.2, 0.25) is 10.0 Å². The SMILES string of the molecule is CC(C)(C)NCc1c(OCc2ccc(Cl)c(Cl)c2)ccc2ccccc12. The lowest BCUT2D eigenvalue weighted by Crippen LogP contribution is -2.35. The fourth-order valence-corrected chi connectivity index (χ4v) is 3.10. The molecule has 2 nitrogen and oxygen atoms in total. The average molecular weight is 388 g/mol. The van der Waals surface area contributed by atoms with Gasteiger partial charge in [0.1, 0.15) is 12.4 Å². The summed E-state index contributed by atoms with van der Waals surface area (Å²) in [7, 11) is 0. The molecule has 0 unspecified atom stereocenters. The molecule has 0 radical (unpaired) electrons. The van der Waals surface area contributed by atoms with Crippen molar-refractivity contribution in [3.05, 3.63) is 75.8 Å². The quantitative estimate of drug-likeness (QED) is 0.531. The second-order valence-electron chi connectivity index (χ2n) is 7.40. The second-order valence-corrected chi connectivity index (χ2v) is 8.22. The van der Waals surface area contributed by atoms with E-state index in [-0.39, 0.29) is 5.54 Å². The highest BCUT2D eigenvalue weighted by Gasteiger charge is 2.14. The first-order valence-electron chi connectivity index (χ1n) is 8.66. The van der Waals surface area contributed by atoms with Gasteiger partial charge in [0.15, 0.2) is 0 Å². The Bertz CT molecular complexity index is 916. The molecular formula is C22H23Cl2NO. The molecule has 0 spiro atoms. The fourth-order valence-electron chi connectivity index (χ4n) is 2.78. The molecule has 3 aromatic carbocycles. The lowest BCUT2D eigenvalue weighted by molar-refractivity contribution is 0.301. The maximum atomic E-state index is 6.15. The zero-order valence-electron chi connectivity index (χ0n) is 15.3. The molecule has 0 aliphatic rings. The van der Waals surface area contributed by atoms with Gasteiger partial charge in [-0.2, -0.15) is 0 Å². The Hall–Kier alpha value is -1.74. The van der Waals surface area contributed by atoms with Gasteiger partial charge in [-0.05, 0) is 55.3 Å². The summed E-state index contributed by atoms with van der Waals surface area (Å²) in [4.78, 5) is 0. The molecule has 0 aliphatic carbocycles. The third kappa shape index (κ3) is 4.70. The van der Waals surface area contributed by atoms with Crippen LogP contribution in [0.25, 0.3) is 10.8 Å². The molecule has 0 fully saturated rings. The number of benzene rings is 3. The molecule has 0 aromatic heterocycles. The smallest absolute Gasteiger partial charge is 0.124 e. The van der Waals surface area contributed by atoms with E-state index < -0.39 is 0 Å². The number of ether oxygens (including phenoxy) is 1. The number of hydrogen-bond acceptors (Lipinski definition) is 2. The van der Waals surface area contributed by atoms with Crippen molar-refractivity contribution in [2.45, 2.75) is 39.5 Å². The minimum Gasteiger partial charge on any atom is -0.489 e. The molecule has 0 heterocycles. The van der Waals surface area contributed by atoms with Crippen LogP contribution in [-0.4, -0.2) is 5.54 Å². The number of halogens is 2. The third-order valence-corrected chi connectivity index (χ3v) is 4.91. The molecule has 0 bridgehead atoms. The number of fused-ring (bicyclic) bond motifs is 1. The lowest BCUT2D eigenvalue weighted by Gasteiger charge is -2.23. The van der Waals surface area contributed by atoms with Crippen molar-refractivity contribution < 1.29 is 4.74 Å². The highest BCUT2D eigenvalue weighted by molar-refractivity contribution is 6.42. The van der Waals surface area contributed by atoms with Crippen molar-refractivity contribution in [2.24, 2.45) is 0 Å². The van der Waals surface area contributed by atoms with E-state index >= 15 is 0 Å². The first-order chi connectivity index (χ1) is 12.3. The van der Waals surface area contributed by atoms with Gasteiger partial charge in [-0.1, -0.05) is 59.6 Å². The van der Waals surface area contributed by atoms with E-state index in [0.29, 0.717) is 16.7 Å². The molecule has 4 heteroatoms. The minimum absolute atomic E-state index is 0.0257. The molecule has 0 atom stereocenters. The largest absolute Gasteiger partial charge is 0.489 e. The van der Waals surface area contributed by atoms with Gasteiger partial charge in [0, 0.05) is 17.6 Å². The van der Waals surface area contributed by atoms with Gasteiger partial charge in [-0.3, -0.25) is 0 Å². The van der Waals surface area contributed by atoms with E-state index in [0.717, 1.165) is 23.4 Å². The van der Waals surface area contributed by atoms with E-state index in [1.807, 2.05) is 18.2 Å². The molecule has 0 saturated heterocycles. The molecule has 26 heavy (non-hydrogen) atoms. The summed E-state index contributed by atoms with van der Waals surface area (Å²) in [6.07, 6.45) is 0. The number of nitrogens with one attached hydrogen (secondary N) is 1. The van der Waals surface area contributed by atoms with Gasteiger partial charge in [0.2, 0.25) is 0 Å². The second kappa shape index (κ2) is 7.87. The van der Waals surface area contributed by atoms with E-state index in [1.165, 1.54) is 10.8 Å². The Morgan fingerprint density at radius 2 is 1.69 bits per heavy atom. The predicted molar refractivity (Wildman–Crippen MR) is 111 cm³/mol. The van der Waals surface area contributed by atoms with Crippen molar-refractivity contribution in [1.82, 2.24) is 5.32 Å². The zero-order valence-corrected chi connectivity index (χ0v) is 16.8. The summed E-state index contributed by atoms with van der Waals surface area (Å²) in [6, 6.07) is 18.1. The van der Waals surface area contributed by atoms with Gasteiger partial charge in [0.05, 0.1) is 10.0 Å². The van der Waals surface area contributed by atoms with Gasteiger partial charge in [-0.15, -0.1) is 0 Å². The third-order valence-electron chi connectivity index (χ3n) is 4.17. The summed E-state index contributed by atoms with van der Waals surface area (Å²) in [6.45, 7) is 7.66. The fraction of sp³-hybridized carbons (Fsp3) is 0.273. The van der Waals surface area contributed by atoms with E-state index in [4.69, 9.17) is 27.9 Å². The van der Waals surface area contributed by atoms with Crippen molar-refractivity contribution >= 4 is 34.0 Å². The van der Waals surface area contributed by atoms with Crippen LogP contribution >= 0.6 is 23.2 Å². The summed E-state index contributed by atoms with van der Waals surface area (Å²) in [5.41, 5.74) is 2.18. The summed E-state index contributed by atoms with van der Waals surface area (Å²) >= 11 is 12.1. The van der Waals surface area contributed by atoms with Crippen LogP contribution in [0.4, 0.5) is 0 Å². The summed E-state index contributed by atoms with van der Waals surface area (Å²) in [5.74, 6) is 0.881. The predicted octanol–water partition coefficient (Wildman–Crippen LogP) is 6.61. The van der Waals surface area contributed by atoms with Crippen molar-refractivity contribution in [3.8, 4) is 5.75 Å². The highest BCUT2D eigenvalue weighted by atomic mass is 35.5. The van der Waals surface area contributed by atoms with E-state index in [1.54, 1.807) is 6.07 Å². The molecule has 1 N–H and O–H groups in total. The molecule has 3 rings (SSSR count). The Balaban J connectivity index is 1.89. The van der Waals surface area contributed by atoms with Crippen LogP contribution in [0.1, 0.15) is 31.9 Å². The molecule has 0 aliphatic heterocycles. The van der Waals surface area contributed by atoms with E-state index in [2.05, 4.69) is 56.4 Å². The molecule has 136 valence electrons. The Morgan fingerprint density at radius 1 is 0.923 bits per heavy atom. The minimum atomic E-state index is 0.0257. The van der Waals surface area contributed by atoms with Gasteiger partial charge >= 0.3 is 0 Å². The number of hydrogen-bond donors (Lipinski definition) is 1. The number of rotatable bonds is 5. The van der Waals surface area contributed by atoms with Crippen molar-refractivity contribution in [1.29, 1.82) is 0 Å². The van der Waals surface area contributed by atoms with Crippen LogP contribution in [0, 0.1) is 0 Å². The zero-order chi connectivity index (χ0) is 18.7. The molecule has 0 saturated carbocycles. The Labute approximate surface area is 165 Å². The van der Waals surface area contributed by atoms with Gasteiger partial charge < -0.3 is 10.1 Å². The van der Waals surface area contributed by atoms with Crippen molar-refractivity contribution in [3.63, 3.8) is 0 Å². The topological polar surface area (TPSA) is 21.3 Å². The van der Waals surface area contributed by atoms with Crippen LogP contribution in [0.3, 0.4) is 0 Å². The average Bonchev–Trinajstić information content (AvgIpc) is 2.60. The first-order valence-corrected chi connectivity index (χ1v) is 9.41. The lowest BCUT2D eigenvalue weighted by atomic mass is 10.0. The Kier molecular flexibility index (Phi) is 5.76. The standard InChI is InChI=1S/C22H23Cl2NO/c1-22(2,3)25-13-18-17-7-5-4-6-16(17)9-11-21(18)26-14-15-8-10-19(23)20(24)12-15/h4-12,25H,13-14H2,1-3H3. The maximum absolute atomic E-state index is 6.15. The van der Waals surface area contributed by atoms with Crippen LogP contribution in [-0.2, 0) is 13.2 Å². The van der Waals surface area contributed by atoms with Crippen molar-refractivity contribution in [2.75, 3.05) is 0 Å². The normalized spacial score (nSPS) is 11.7. The van der Waals surface area contributed by atoms with Crippen LogP contribution in [0.5, 0.6) is 5.75 Å². The van der Waals surface area contributed by atoms with Gasteiger partial charge in [-0.25, -0.2) is 0 Å². The monoisotopic (exact) mass is 387 g/mol. The van der Waals surface area contributed by atoms with E-state index in [9.17, 15) is 0 Å².